The summed E-state index contributed by atoms with van der Waals surface area (Å²) in [7, 11) is 0. The summed E-state index contributed by atoms with van der Waals surface area (Å²) in [5, 5.41) is 95.9. The third-order valence-corrected chi connectivity index (χ3v) is 15.4. The molecule has 27 heteroatoms. The van der Waals surface area contributed by atoms with Gasteiger partial charge >= 0.3 is 0 Å². The van der Waals surface area contributed by atoms with Gasteiger partial charge in [-0.3, -0.25) is 28.1 Å². The summed E-state index contributed by atoms with van der Waals surface area (Å²) < 4.78 is 16.0. The Balaban J connectivity index is 0.000000147. The van der Waals surface area contributed by atoms with E-state index in [0.717, 1.165) is 98.4 Å². The van der Waals surface area contributed by atoms with Crippen LogP contribution in [0.3, 0.4) is 0 Å². The Morgan fingerprint density at radius 1 is 0.382 bits per heavy atom. The summed E-state index contributed by atoms with van der Waals surface area (Å²) in [6, 6.07) is 5.76. The van der Waals surface area contributed by atoms with Gasteiger partial charge in [0.25, 0.3) is 0 Å². The second-order valence-electron chi connectivity index (χ2n) is 23.4. The Morgan fingerprint density at radius 3 is 1.08 bits per heavy atom. The van der Waals surface area contributed by atoms with Crippen LogP contribution in [-0.4, -0.2) is 172 Å². The van der Waals surface area contributed by atoms with E-state index < -0.39 is 18.2 Å². The fourth-order valence-corrected chi connectivity index (χ4v) is 10.7. The van der Waals surface area contributed by atoms with Crippen molar-refractivity contribution in [1.29, 1.82) is 0 Å². The van der Waals surface area contributed by atoms with E-state index >= 15 is 0 Å². The SMILES string of the molecule is CC(C)C[C@@H](C)n1cc(-c2nc(-c3cnn(C(CO)CO)c3)cn3nccc23)cn1.CC(C)C[C@H](C)n1cc(-c2nc(-c3cnn(C(CO)CO)c3)cn3nccc23)cn1.CCC[C@H](C)n1cc(-c2nc(-c3cnn(C[C@H](O)CO)c3)cn3nccc23)cn1. The molecule has 0 unspecified atom stereocenters. The summed E-state index contributed by atoms with van der Waals surface area (Å²) in [5.74, 6) is 1.18. The van der Waals surface area contributed by atoms with Gasteiger partial charge in [-0.2, -0.15) is 45.9 Å². The first-order valence-corrected chi connectivity index (χ1v) is 30.1. The first-order valence-electron chi connectivity index (χ1n) is 30.1. The van der Waals surface area contributed by atoms with Crippen LogP contribution in [0.2, 0.25) is 0 Å². The molecule has 0 bridgehead atoms. The van der Waals surface area contributed by atoms with Crippen molar-refractivity contribution in [2.75, 3.05) is 33.0 Å². The predicted molar refractivity (Wildman–Crippen MR) is 334 cm³/mol. The number of aliphatic hydroxyl groups excluding tert-OH is 6. The fraction of sp³-hybridized carbons (Fsp3) is 0.419. The second-order valence-corrected chi connectivity index (χ2v) is 23.4. The maximum Gasteiger partial charge on any atom is 0.0999 e. The largest absolute Gasteiger partial charge is 0.394 e. The topological polar surface area (TPSA) is 319 Å². The van der Waals surface area contributed by atoms with Crippen LogP contribution in [0, 0.1) is 11.8 Å². The first-order chi connectivity index (χ1) is 43.1. The molecule has 0 spiro atoms. The van der Waals surface area contributed by atoms with E-state index in [1.54, 1.807) is 83.4 Å². The number of hydrogen-bond donors (Lipinski definition) is 6. The summed E-state index contributed by atoms with van der Waals surface area (Å²) in [6.45, 7) is 16.6. The summed E-state index contributed by atoms with van der Waals surface area (Å²) in [4.78, 5) is 14.6. The van der Waals surface area contributed by atoms with Crippen LogP contribution in [0.4, 0.5) is 0 Å². The molecule has 12 aromatic heterocycles. The Bertz CT molecular complexity index is 4010. The van der Waals surface area contributed by atoms with Crippen molar-refractivity contribution in [1.82, 2.24) is 102 Å². The highest BCUT2D eigenvalue weighted by Crippen LogP contribution is 2.32. The first kappa shape index (κ1) is 62.9. The normalized spacial score (nSPS) is 13.3. The molecule has 12 aromatic rings. The van der Waals surface area contributed by atoms with Gasteiger partial charge in [-0.25, -0.2) is 28.5 Å². The predicted octanol–water partition coefficient (Wildman–Crippen LogP) is 7.35. The molecule has 0 radical (unpaired) electrons. The van der Waals surface area contributed by atoms with Gasteiger partial charge in [-0.1, -0.05) is 41.0 Å². The number of rotatable bonds is 24. The van der Waals surface area contributed by atoms with Gasteiger partial charge in [0.05, 0.1) is 183 Å². The van der Waals surface area contributed by atoms with E-state index in [4.69, 9.17) is 20.1 Å². The number of hydrogen-bond acceptors (Lipinski definition) is 18. The van der Waals surface area contributed by atoms with Crippen LogP contribution in [-0.2, 0) is 6.54 Å². The second kappa shape index (κ2) is 28.4. The van der Waals surface area contributed by atoms with Gasteiger partial charge < -0.3 is 30.6 Å². The highest BCUT2D eigenvalue weighted by atomic mass is 16.3. The van der Waals surface area contributed by atoms with Crippen LogP contribution >= 0.6 is 0 Å². The van der Waals surface area contributed by atoms with Crippen molar-refractivity contribution in [3.8, 4) is 67.5 Å². The maximum absolute atomic E-state index is 9.63. The molecule has 0 amide bonds. The third kappa shape index (κ3) is 14.4. The lowest BCUT2D eigenvalue weighted by Gasteiger charge is -2.14. The Kier molecular flexibility index (Phi) is 20.0. The lowest BCUT2D eigenvalue weighted by molar-refractivity contribution is 0.0783. The number of aliphatic hydroxyl groups is 6. The van der Waals surface area contributed by atoms with Gasteiger partial charge in [-0.15, -0.1) is 0 Å². The fourth-order valence-electron chi connectivity index (χ4n) is 10.7. The van der Waals surface area contributed by atoms with E-state index in [2.05, 4.69) is 101 Å². The van der Waals surface area contributed by atoms with Crippen LogP contribution in [0.25, 0.3) is 84.1 Å². The number of nitrogens with zero attached hydrogens (tertiary/aromatic N) is 21. The van der Waals surface area contributed by atoms with Gasteiger partial charge in [0.15, 0.2) is 0 Å². The number of fused-ring (bicyclic) bond motifs is 3. The molecular weight excluding hydrogens is 1130 g/mol. The smallest absolute Gasteiger partial charge is 0.0999 e. The molecule has 0 saturated heterocycles. The van der Waals surface area contributed by atoms with E-state index in [0.29, 0.717) is 41.3 Å². The minimum Gasteiger partial charge on any atom is -0.394 e. The van der Waals surface area contributed by atoms with E-state index in [1.807, 2.05) is 88.0 Å². The monoisotopic (exact) mass is 1210 g/mol. The lowest BCUT2D eigenvalue weighted by atomic mass is 10.1. The quantitative estimate of drug-likeness (QED) is 0.0344. The minimum atomic E-state index is -0.851. The highest BCUT2D eigenvalue weighted by Gasteiger charge is 2.21. The minimum absolute atomic E-state index is 0.192. The van der Waals surface area contributed by atoms with Gasteiger partial charge in [0.1, 0.15) is 0 Å². The third-order valence-electron chi connectivity index (χ3n) is 15.4. The van der Waals surface area contributed by atoms with Crippen LogP contribution in [0.15, 0.2) is 130 Å². The van der Waals surface area contributed by atoms with Crippen LogP contribution in [0.5, 0.6) is 0 Å². The molecule has 0 saturated carbocycles. The molecule has 0 fully saturated rings. The molecule has 12 heterocycles. The van der Waals surface area contributed by atoms with Crippen molar-refractivity contribution in [2.45, 2.75) is 124 Å². The van der Waals surface area contributed by atoms with Crippen LogP contribution in [0.1, 0.15) is 111 Å². The molecule has 0 aliphatic heterocycles. The molecular formula is C62H79N21O6. The van der Waals surface area contributed by atoms with E-state index in [-0.39, 0.29) is 39.6 Å². The Morgan fingerprint density at radius 2 is 0.719 bits per heavy atom. The Hall–Kier alpha value is -9.12. The molecule has 0 aromatic carbocycles. The van der Waals surface area contributed by atoms with Gasteiger partial charge in [0.2, 0.25) is 0 Å². The van der Waals surface area contributed by atoms with Crippen LogP contribution < -0.4 is 0 Å². The molecule has 4 atom stereocenters. The molecule has 468 valence electrons. The van der Waals surface area contributed by atoms with Crippen molar-refractivity contribution in [2.24, 2.45) is 11.8 Å². The zero-order chi connectivity index (χ0) is 62.9. The Labute approximate surface area is 513 Å². The highest BCUT2D eigenvalue weighted by molar-refractivity contribution is 5.80. The zero-order valence-corrected chi connectivity index (χ0v) is 51.4. The van der Waals surface area contributed by atoms with Gasteiger partial charge in [-0.05, 0) is 70.1 Å². The van der Waals surface area contributed by atoms with E-state index in [1.165, 1.54) is 0 Å². The van der Waals surface area contributed by atoms with Gasteiger partial charge in [0, 0.05) is 88.7 Å². The molecule has 27 nitrogen and oxygen atoms in total. The zero-order valence-electron chi connectivity index (χ0n) is 51.4. The molecule has 89 heavy (non-hydrogen) atoms. The van der Waals surface area contributed by atoms with Crippen molar-refractivity contribution in [3.63, 3.8) is 0 Å². The summed E-state index contributed by atoms with van der Waals surface area (Å²) in [6.07, 6.45) is 36.2. The van der Waals surface area contributed by atoms with E-state index in [9.17, 15) is 25.5 Å². The molecule has 6 N–H and O–H groups in total. The van der Waals surface area contributed by atoms with Crippen molar-refractivity contribution >= 4 is 16.6 Å². The molecule has 0 aliphatic carbocycles. The van der Waals surface area contributed by atoms with Crippen molar-refractivity contribution in [3.05, 3.63) is 130 Å². The number of aromatic nitrogens is 21. The summed E-state index contributed by atoms with van der Waals surface area (Å²) >= 11 is 0. The lowest BCUT2D eigenvalue weighted by Crippen LogP contribution is -2.19. The molecule has 12 rings (SSSR count). The average molecular weight is 1210 g/mol. The molecule has 0 aliphatic rings. The summed E-state index contributed by atoms with van der Waals surface area (Å²) in [5.41, 5.74) is 12.3. The van der Waals surface area contributed by atoms with Crippen molar-refractivity contribution < 1.29 is 30.6 Å². The maximum atomic E-state index is 9.63. The standard InChI is InChI=1S/2C21H27N7O2.C20H25N7O2/c2*1-14(2)6-15(3)26-10-17(8-23-26)21-20-4-5-22-28(20)11-19(25-21)16-7-24-27(9-16)18(12-29)13-30;1-3-4-14(2)26-10-16(8-23-26)20-19-5-6-21-27(19)12-18(24-20)15-7-22-25(9-15)11-17(29)13-28/h2*4-5,7-11,14-15,18,29-30H,6,12-13H2,1-3H3;5-10,12,14,17,28-29H,3-4,11,13H2,1-2H3/t2*15-;14-,17-/m100/s1. The average Bonchev–Trinajstić information content (AvgIpc) is 1.79.